The lowest BCUT2D eigenvalue weighted by atomic mass is 10.1. The molecule has 1 aliphatic rings. The Kier molecular flexibility index (Phi) is 4.65. The van der Waals surface area contributed by atoms with Gasteiger partial charge < -0.3 is 9.84 Å². The van der Waals surface area contributed by atoms with Crippen LogP contribution < -0.4 is 9.64 Å². The molecule has 0 saturated carbocycles. The number of rotatable bonds is 4. The highest BCUT2D eigenvalue weighted by molar-refractivity contribution is 6.54. The number of nitrogens with zero attached hydrogens (tertiary/aromatic N) is 2. The van der Waals surface area contributed by atoms with Crippen LogP contribution in [0.2, 0.25) is 10.0 Å². The van der Waals surface area contributed by atoms with Gasteiger partial charge in [-0.2, -0.15) is 4.99 Å². The highest BCUT2D eigenvalue weighted by Crippen LogP contribution is 2.34. The summed E-state index contributed by atoms with van der Waals surface area (Å²) in [7, 11) is 1.39. The Morgan fingerprint density at radius 3 is 2.60 bits per heavy atom. The highest BCUT2D eigenvalue weighted by atomic mass is 35.5. The van der Waals surface area contributed by atoms with E-state index in [0.717, 1.165) is 4.90 Å². The maximum atomic E-state index is 12.6. The van der Waals surface area contributed by atoms with Crippen molar-refractivity contribution in [3.8, 4) is 11.5 Å². The third kappa shape index (κ3) is 3.31. The number of hydrogen-bond donors (Lipinski definition) is 1. The summed E-state index contributed by atoms with van der Waals surface area (Å²) in [5.74, 6) is -0.562. The van der Waals surface area contributed by atoms with Gasteiger partial charge in [0.25, 0.3) is 5.91 Å². The van der Waals surface area contributed by atoms with Crippen molar-refractivity contribution in [3.63, 3.8) is 0 Å². The second kappa shape index (κ2) is 6.74. The van der Waals surface area contributed by atoms with E-state index in [9.17, 15) is 14.7 Å². The Balaban J connectivity index is 1.91. The molecule has 0 bridgehead atoms. The summed E-state index contributed by atoms with van der Waals surface area (Å²) in [5, 5.41) is 10.9. The van der Waals surface area contributed by atoms with E-state index >= 15 is 0 Å². The Hall–Kier alpha value is -2.57. The number of imide groups is 1. The van der Waals surface area contributed by atoms with E-state index in [1.165, 1.54) is 25.3 Å². The molecular formula is C17H12Cl2N2O4. The zero-order valence-corrected chi connectivity index (χ0v) is 14.5. The number of aromatic hydroxyl groups is 1. The van der Waals surface area contributed by atoms with Gasteiger partial charge in [-0.3, -0.25) is 4.79 Å². The van der Waals surface area contributed by atoms with Crippen LogP contribution in [0, 0.1) is 0 Å². The number of urea groups is 1. The van der Waals surface area contributed by atoms with Gasteiger partial charge in [0.05, 0.1) is 12.8 Å². The van der Waals surface area contributed by atoms with Crippen molar-refractivity contribution in [3.05, 3.63) is 52.0 Å². The number of phenolic OH excluding ortho intramolecular Hbond substituents is 1. The third-order valence-corrected chi connectivity index (χ3v) is 4.09. The van der Waals surface area contributed by atoms with Crippen molar-refractivity contribution in [2.45, 2.75) is 6.42 Å². The van der Waals surface area contributed by atoms with Gasteiger partial charge in [-0.25, -0.2) is 9.69 Å². The molecule has 2 aromatic carbocycles. The fourth-order valence-electron chi connectivity index (χ4n) is 2.49. The van der Waals surface area contributed by atoms with E-state index in [1.807, 2.05) is 0 Å². The number of anilines is 1. The van der Waals surface area contributed by atoms with Crippen LogP contribution in [-0.4, -0.2) is 29.9 Å². The molecule has 1 heterocycles. The van der Waals surface area contributed by atoms with Crippen molar-refractivity contribution in [1.29, 1.82) is 0 Å². The smallest absolute Gasteiger partial charge is 0.355 e. The molecule has 0 aliphatic carbocycles. The molecule has 1 aliphatic heterocycles. The molecule has 1 N–H and O–H groups in total. The average molecular weight is 379 g/mol. The fourth-order valence-corrected chi connectivity index (χ4v) is 2.90. The number of carbonyl (C=O) groups is 2. The summed E-state index contributed by atoms with van der Waals surface area (Å²) < 4.78 is 5.03. The van der Waals surface area contributed by atoms with Gasteiger partial charge in [-0.05, 0) is 24.3 Å². The Morgan fingerprint density at radius 1 is 1.16 bits per heavy atom. The van der Waals surface area contributed by atoms with Crippen LogP contribution in [0.15, 0.2) is 41.4 Å². The number of halogens is 2. The fraction of sp³-hybridized carbons (Fsp3) is 0.118. The van der Waals surface area contributed by atoms with E-state index in [1.54, 1.807) is 18.2 Å². The number of benzene rings is 2. The van der Waals surface area contributed by atoms with Gasteiger partial charge in [0.1, 0.15) is 5.71 Å². The second-order valence-electron chi connectivity index (χ2n) is 5.25. The van der Waals surface area contributed by atoms with Crippen molar-refractivity contribution in [1.82, 2.24) is 0 Å². The molecule has 0 saturated heterocycles. The lowest BCUT2D eigenvalue weighted by molar-refractivity contribution is -0.111. The number of aliphatic imine (C=N–C) groups is 1. The van der Waals surface area contributed by atoms with Crippen LogP contribution >= 0.6 is 23.2 Å². The molecular weight excluding hydrogens is 367 g/mol. The Bertz CT molecular complexity index is 912. The predicted octanol–water partition coefficient (Wildman–Crippen LogP) is 3.86. The van der Waals surface area contributed by atoms with E-state index in [-0.39, 0.29) is 23.6 Å². The Morgan fingerprint density at radius 2 is 1.92 bits per heavy atom. The number of carbonyl (C=O) groups excluding carboxylic acids is 2. The van der Waals surface area contributed by atoms with Gasteiger partial charge in [0.2, 0.25) is 0 Å². The Labute approximate surface area is 153 Å². The normalized spacial score (nSPS) is 14.0. The number of amides is 3. The lowest BCUT2D eigenvalue weighted by Gasteiger charge is -2.13. The van der Waals surface area contributed by atoms with Crippen LogP contribution in [0.1, 0.15) is 5.56 Å². The number of phenols is 1. The molecule has 25 heavy (non-hydrogen) atoms. The first-order valence-corrected chi connectivity index (χ1v) is 7.93. The first kappa shape index (κ1) is 17.3. The summed E-state index contributed by atoms with van der Waals surface area (Å²) in [5.41, 5.74) is 0.649. The largest absolute Gasteiger partial charge is 0.504 e. The van der Waals surface area contributed by atoms with E-state index in [2.05, 4.69) is 4.99 Å². The molecule has 0 spiro atoms. The van der Waals surface area contributed by atoms with Crippen LogP contribution in [0.3, 0.4) is 0 Å². The standard InChI is InChI=1S/C17H12Cl2N2O4/c1-25-14-8-11(19)5-9(15(14)22)6-13-16(23)21(17(24)20-13)12-4-2-3-10(18)7-12/h2-5,7-8,22H,6H2,1H3. The third-order valence-electron chi connectivity index (χ3n) is 3.63. The molecule has 0 aromatic heterocycles. The molecule has 8 heteroatoms. The van der Waals surface area contributed by atoms with Crippen LogP contribution in [-0.2, 0) is 11.2 Å². The molecule has 0 fully saturated rings. The highest BCUT2D eigenvalue weighted by Gasteiger charge is 2.35. The van der Waals surface area contributed by atoms with E-state index < -0.39 is 11.9 Å². The zero-order chi connectivity index (χ0) is 18.1. The quantitative estimate of drug-likeness (QED) is 0.875. The van der Waals surface area contributed by atoms with E-state index in [0.29, 0.717) is 21.3 Å². The minimum atomic E-state index is -0.712. The summed E-state index contributed by atoms with van der Waals surface area (Å²) >= 11 is 11.9. The van der Waals surface area contributed by atoms with Crippen molar-refractivity contribution >= 4 is 46.5 Å². The van der Waals surface area contributed by atoms with Crippen LogP contribution in [0.25, 0.3) is 0 Å². The van der Waals surface area contributed by atoms with Crippen molar-refractivity contribution < 1.29 is 19.4 Å². The summed E-state index contributed by atoms with van der Waals surface area (Å²) in [6, 6.07) is 8.56. The van der Waals surface area contributed by atoms with Crippen LogP contribution in [0.5, 0.6) is 11.5 Å². The summed E-state index contributed by atoms with van der Waals surface area (Å²) in [6.45, 7) is 0. The lowest BCUT2D eigenvalue weighted by Crippen LogP contribution is -2.33. The van der Waals surface area contributed by atoms with Gasteiger partial charge in [0.15, 0.2) is 11.5 Å². The predicted molar refractivity (Wildman–Crippen MR) is 95.1 cm³/mol. The van der Waals surface area contributed by atoms with Crippen molar-refractivity contribution in [2.24, 2.45) is 4.99 Å². The number of hydrogen-bond acceptors (Lipinski definition) is 4. The molecule has 3 rings (SSSR count). The summed E-state index contributed by atoms with van der Waals surface area (Å²) in [6.07, 6.45) is -0.0651. The molecule has 0 unspecified atom stereocenters. The molecule has 0 atom stereocenters. The molecule has 3 amide bonds. The summed E-state index contributed by atoms with van der Waals surface area (Å²) in [4.78, 5) is 29.4. The molecule has 0 radical (unpaired) electrons. The topological polar surface area (TPSA) is 79.2 Å². The maximum absolute atomic E-state index is 12.6. The van der Waals surface area contributed by atoms with Gasteiger partial charge >= 0.3 is 6.03 Å². The minimum absolute atomic E-state index is 0.00963. The van der Waals surface area contributed by atoms with E-state index in [4.69, 9.17) is 27.9 Å². The maximum Gasteiger partial charge on any atom is 0.355 e. The molecule has 6 nitrogen and oxygen atoms in total. The number of ether oxygens (including phenoxy) is 1. The SMILES string of the molecule is COc1cc(Cl)cc(CC2=NC(=O)N(c3cccc(Cl)c3)C2=O)c1O. The molecule has 128 valence electrons. The van der Waals surface area contributed by atoms with Gasteiger partial charge in [-0.15, -0.1) is 0 Å². The van der Waals surface area contributed by atoms with Crippen molar-refractivity contribution in [2.75, 3.05) is 12.0 Å². The monoisotopic (exact) mass is 378 g/mol. The molecule has 2 aromatic rings. The van der Waals surface area contributed by atoms with Gasteiger partial charge in [0, 0.05) is 28.1 Å². The van der Waals surface area contributed by atoms with Crippen LogP contribution in [0.4, 0.5) is 10.5 Å². The first-order valence-electron chi connectivity index (χ1n) is 7.17. The second-order valence-corrected chi connectivity index (χ2v) is 6.13. The average Bonchev–Trinajstić information content (AvgIpc) is 2.84. The first-order chi connectivity index (χ1) is 11.9. The minimum Gasteiger partial charge on any atom is -0.504 e. The number of methoxy groups -OCH3 is 1. The van der Waals surface area contributed by atoms with Gasteiger partial charge in [-0.1, -0.05) is 29.3 Å². The zero-order valence-electron chi connectivity index (χ0n) is 13.0.